The van der Waals surface area contributed by atoms with Crippen molar-refractivity contribution in [3.05, 3.63) is 30.1 Å². The number of aryl methyl sites for hydroxylation is 1. The molecule has 3 nitrogen and oxygen atoms in total. The van der Waals surface area contributed by atoms with Gasteiger partial charge in [-0.1, -0.05) is 12.1 Å². The first-order valence-corrected chi connectivity index (χ1v) is 5.39. The van der Waals surface area contributed by atoms with Crippen molar-refractivity contribution in [3.8, 4) is 0 Å². The van der Waals surface area contributed by atoms with Crippen molar-refractivity contribution >= 4 is 11.0 Å². The van der Waals surface area contributed by atoms with Crippen molar-refractivity contribution in [3.63, 3.8) is 0 Å². The monoisotopic (exact) mass is 202 g/mol. The van der Waals surface area contributed by atoms with Crippen molar-refractivity contribution in [2.24, 2.45) is 7.05 Å². The number of ether oxygens (including phenoxy) is 1. The maximum atomic E-state index is 5.67. The molecule has 3 rings (SSSR count). The maximum Gasteiger partial charge on any atom is 0.138 e. The Hall–Kier alpha value is -1.35. The van der Waals surface area contributed by atoms with Crippen LogP contribution in [0.4, 0.5) is 0 Å². The summed E-state index contributed by atoms with van der Waals surface area (Å²) in [5.41, 5.74) is 2.24. The van der Waals surface area contributed by atoms with Crippen LogP contribution in [0.2, 0.25) is 0 Å². The highest BCUT2D eigenvalue weighted by Gasteiger charge is 2.22. The zero-order chi connectivity index (χ0) is 10.3. The van der Waals surface area contributed by atoms with Crippen LogP contribution in [0.3, 0.4) is 0 Å². The molecule has 3 heteroatoms. The van der Waals surface area contributed by atoms with Crippen LogP contribution in [-0.4, -0.2) is 16.2 Å². The molecule has 1 aromatic heterocycles. The van der Waals surface area contributed by atoms with Crippen LogP contribution in [-0.2, 0) is 11.8 Å². The molecule has 0 spiro atoms. The molecule has 78 valence electrons. The Balaban J connectivity index is 2.14. The molecule has 2 aromatic rings. The van der Waals surface area contributed by atoms with Crippen LogP contribution < -0.4 is 0 Å². The number of hydrogen-bond acceptors (Lipinski definition) is 2. The third-order valence-corrected chi connectivity index (χ3v) is 3.04. The van der Waals surface area contributed by atoms with Crippen molar-refractivity contribution < 1.29 is 4.74 Å². The fourth-order valence-corrected chi connectivity index (χ4v) is 2.23. The molecule has 15 heavy (non-hydrogen) atoms. The molecule has 1 aliphatic rings. The van der Waals surface area contributed by atoms with Crippen molar-refractivity contribution in [2.45, 2.75) is 18.9 Å². The highest BCUT2D eigenvalue weighted by Crippen LogP contribution is 2.29. The zero-order valence-electron chi connectivity index (χ0n) is 8.81. The second kappa shape index (κ2) is 3.35. The van der Waals surface area contributed by atoms with Gasteiger partial charge < -0.3 is 9.30 Å². The number of benzene rings is 1. The lowest BCUT2D eigenvalue weighted by Crippen LogP contribution is -2.04. The molecular weight excluding hydrogens is 188 g/mol. The molecule has 2 heterocycles. The van der Waals surface area contributed by atoms with Gasteiger partial charge >= 0.3 is 0 Å². The lowest BCUT2D eigenvalue weighted by atomic mass is 10.2. The summed E-state index contributed by atoms with van der Waals surface area (Å²) >= 11 is 0. The normalized spacial score (nSPS) is 21.3. The van der Waals surface area contributed by atoms with E-state index in [4.69, 9.17) is 4.74 Å². The van der Waals surface area contributed by atoms with E-state index in [-0.39, 0.29) is 6.10 Å². The number of hydrogen-bond donors (Lipinski definition) is 0. The number of rotatable bonds is 1. The average molecular weight is 202 g/mol. The number of para-hydroxylation sites is 2. The molecule has 0 saturated carbocycles. The molecule has 1 atom stereocenters. The molecule has 0 unspecified atom stereocenters. The van der Waals surface area contributed by atoms with Gasteiger partial charge in [0.1, 0.15) is 11.9 Å². The van der Waals surface area contributed by atoms with Gasteiger partial charge in [-0.05, 0) is 25.0 Å². The largest absolute Gasteiger partial charge is 0.370 e. The van der Waals surface area contributed by atoms with E-state index >= 15 is 0 Å². The van der Waals surface area contributed by atoms with E-state index in [2.05, 4.69) is 22.7 Å². The molecule has 0 bridgehead atoms. The van der Waals surface area contributed by atoms with Crippen LogP contribution in [0.25, 0.3) is 11.0 Å². The van der Waals surface area contributed by atoms with Crippen LogP contribution in [0.1, 0.15) is 24.8 Å². The molecule has 0 radical (unpaired) electrons. The topological polar surface area (TPSA) is 27.1 Å². The summed E-state index contributed by atoms with van der Waals surface area (Å²) in [4.78, 5) is 4.63. The molecular formula is C12H14N2O. The predicted octanol–water partition coefficient (Wildman–Crippen LogP) is 2.42. The lowest BCUT2D eigenvalue weighted by molar-refractivity contribution is 0.103. The van der Waals surface area contributed by atoms with E-state index in [1.807, 2.05) is 18.2 Å². The highest BCUT2D eigenvalue weighted by molar-refractivity contribution is 5.75. The van der Waals surface area contributed by atoms with E-state index in [0.717, 1.165) is 30.8 Å². The molecule has 0 N–H and O–H groups in total. The van der Waals surface area contributed by atoms with E-state index in [1.165, 1.54) is 5.52 Å². The second-order valence-electron chi connectivity index (χ2n) is 4.02. The average Bonchev–Trinajstić information content (AvgIpc) is 2.87. The van der Waals surface area contributed by atoms with Gasteiger partial charge in [0.25, 0.3) is 0 Å². The summed E-state index contributed by atoms with van der Waals surface area (Å²) in [6, 6.07) is 8.21. The van der Waals surface area contributed by atoms with E-state index < -0.39 is 0 Å². The SMILES string of the molecule is Cn1c([C@H]2CCCO2)nc2ccccc21. The van der Waals surface area contributed by atoms with Crippen LogP contribution >= 0.6 is 0 Å². The van der Waals surface area contributed by atoms with Gasteiger partial charge in [0.15, 0.2) is 0 Å². The van der Waals surface area contributed by atoms with Gasteiger partial charge in [-0.25, -0.2) is 4.98 Å². The summed E-state index contributed by atoms with van der Waals surface area (Å²) < 4.78 is 7.81. The Labute approximate surface area is 88.7 Å². The number of imidazole rings is 1. The van der Waals surface area contributed by atoms with Gasteiger partial charge in [-0.15, -0.1) is 0 Å². The fraction of sp³-hybridized carbons (Fsp3) is 0.417. The number of nitrogens with zero attached hydrogens (tertiary/aromatic N) is 2. The van der Waals surface area contributed by atoms with E-state index in [1.54, 1.807) is 0 Å². The molecule has 1 fully saturated rings. The Morgan fingerprint density at radius 2 is 2.27 bits per heavy atom. The predicted molar refractivity (Wildman–Crippen MR) is 58.6 cm³/mol. The number of fused-ring (bicyclic) bond motifs is 1. The van der Waals surface area contributed by atoms with Gasteiger partial charge in [0, 0.05) is 13.7 Å². The minimum absolute atomic E-state index is 0.197. The Morgan fingerprint density at radius 3 is 3.00 bits per heavy atom. The van der Waals surface area contributed by atoms with Gasteiger partial charge in [0.2, 0.25) is 0 Å². The van der Waals surface area contributed by atoms with Gasteiger partial charge in [0.05, 0.1) is 11.0 Å². The molecule has 1 saturated heterocycles. The smallest absolute Gasteiger partial charge is 0.138 e. The Bertz CT molecular complexity index is 483. The van der Waals surface area contributed by atoms with Crippen LogP contribution in [0, 0.1) is 0 Å². The summed E-state index contributed by atoms with van der Waals surface area (Å²) in [5.74, 6) is 1.06. The third-order valence-electron chi connectivity index (χ3n) is 3.04. The van der Waals surface area contributed by atoms with Gasteiger partial charge in [-0.2, -0.15) is 0 Å². The summed E-state index contributed by atoms with van der Waals surface area (Å²) in [6.07, 6.45) is 2.44. The minimum atomic E-state index is 0.197. The lowest BCUT2D eigenvalue weighted by Gasteiger charge is -2.08. The molecule has 0 amide bonds. The van der Waals surface area contributed by atoms with E-state index in [0.29, 0.717) is 0 Å². The first-order chi connectivity index (χ1) is 7.36. The van der Waals surface area contributed by atoms with Crippen molar-refractivity contribution in [1.29, 1.82) is 0 Å². The molecule has 1 aromatic carbocycles. The standard InChI is InChI=1S/C12H14N2O/c1-14-10-6-3-2-5-9(10)13-12(14)11-7-4-8-15-11/h2-3,5-6,11H,4,7-8H2,1H3/t11-/m1/s1. The maximum absolute atomic E-state index is 5.67. The summed E-state index contributed by atoms with van der Waals surface area (Å²) in [6.45, 7) is 0.869. The zero-order valence-corrected chi connectivity index (χ0v) is 8.81. The molecule has 0 aliphatic carbocycles. The van der Waals surface area contributed by atoms with Crippen LogP contribution in [0.5, 0.6) is 0 Å². The third kappa shape index (κ3) is 1.35. The van der Waals surface area contributed by atoms with Crippen molar-refractivity contribution in [2.75, 3.05) is 6.61 Å². The Morgan fingerprint density at radius 1 is 1.40 bits per heavy atom. The second-order valence-corrected chi connectivity index (χ2v) is 4.02. The summed E-state index contributed by atoms with van der Waals surface area (Å²) in [5, 5.41) is 0. The van der Waals surface area contributed by atoms with Crippen molar-refractivity contribution in [1.82, 2.24) is 9.55 Å². The first-order valence-electron chi connectivity index (χ1n) is 5.39. The van der Waals surface area contributed by atoms with E-state index in [9.17, 15) is 0 Å². The fourth-order valence-electron chi connectivity index (χ4n) is 2.23. The highest BCUT2D eigenvalue weighted by atomic mass is 16.5. The van der Waals surface area contributed by atoms with Crippen LogP contribution in [0.15, 0.2) is 24.3 Å². The Kier molecular flexibility index (Phi) is 1.99. The quantitative estimate of drug-likeness (QED) is 0.710. The first kappa shape index (κ1) is 8.92. The minimum Gasteiger partial charge on any atom is -0.370 e. The number of aromatic nitrogens is 2. The molecule has 1 aliphatic heterocycles. The van der Waals surface area contributed by atoms with Gasteiger partial charge in [-0.3, -0.25) is 0 Å². The summed E-state index contributed by atoms with van der Waals surface area (Å²) in [7, 11) is 2.06.